The maximum absolute atomic E-state index is 12.8. The molecular weight excluding hydrogens is 366 g/mol. The lowest BCUT2D eigenvalue weighted by atomic mass is 9.84. The highest BCUT2D eigenvalue weighted by atomic mass is 32.2. The van der Waals surface area contributed by atoms with Crippen molar-refractivity contribution in [3.63, 3.8) is 0 Å². The molecule has 0 spiro atoms. The predicted molar refractivity (Wildman–Crippen MR) is 103 cm³/mol. The zero-order chi connectivity index (χ0) is 19.7. The molecule has 0 saturated heterocycles. The van der Waals surface area contributed by atoms with Gasteiger partial charge in [-0.05, 0) is 48.4 Å². The van der Waals surface area contributed by atoms with Crippen molar-refractivity contribution in [1.29, 1.82) is 0 Å². The molecule has 3 rings (SSSR count). The Balaban J connectivity index is 1.78. The summed E-state index contributed by atoms with van der Waals surface area (Å²) in [6, 6.07) is 10.6. The van der Waals surface area contributed by atoms with Gasteiger partial charge in [0.1, 0.15) is 19.0 Å². The molecule has 146 valence electrons. The summed E-state index contributed by atoms with van der Waals surface area (Å²) in [5.41, 5.74) is 1.18. The molecule has 2 aromatic rings. The van der Waals surface area contributed by atoms with Gasteiger partial charge < -0.3 is 14.2 Å². The number of hydrogen-bond acceptors (Lipinski definition) is 5. The Bertz CT molecular complexity index is 937. The number of fused-ring (bicyclic) bond motifs is 1. The lowest BCUT2D eigenvalue weighted by molar-refractivity contribution is 0.171. The largest absolute Gasteiger partial charge is 0.497 e. The monoisotopic (exact) mass is 391 g/mol. The van der Waals surface area contributed by atoms with Crippen LogP contribution in [0.25, 0.3) is 0 Å². The molecule has 6 nitrogen and oxygen atoms in total. The summed E-state index contributed by atoms with van der Waals surface area (Å²) in [7, 11) is -2.08. The first-order chi connectivity index (χ1) is 12.7. The summed E-state index contributed by atoms with van der Waals surface area (Å²) < 4.78 is 44.6. The predicted octanol–water partition coefficient (Wildman–Crippen LogP) is 3.03. The molecule has 0 aliphatic carbocycles. The topological polar surface area (TPSA) is 73.9 Å². The molecule has 0 saturated carbocycles. The van der Waals surface area contributed by atoms with Crippen molar-refractivity contribution in [1.82, 2.24) is 4.72 Å². The number of rotatable bonds is 6. The summed E-state index contributed by atoms with van der Waals surface area (Å²) in [5, 5.41) is 0. The molecular formula is C20H25NO5S. The first-order valence-electron chi connectivity index (χ1n) is 8.77. The zero-order valence-electron chi connectivity index (χ0n) is 16.0. The lowest BCUT2D eigenvalue weighted by Gasteiger charge is -2.28. The normalized spacial score (nSPS) is 14.1. The van der Waals surface area contributed by atoms with E-state index in [0.29, 0.717) is 30.3 Å². The summed E-state index contributed by atoms with van der Waals surface area (Å²) in [4.78, 5) is 0.251. The Morgan fingerprint density at radius 1 is 1.07 bits per heavy atom. The Morgan fingerprint density at radius 3 is 2.44 bits per heavy atom. The molecule has 7 heteroatoms. The van der Waals surface area contributed by atoms with Gasteiger partial charge in [-0.15, -0.1) is 0 Å². The van der Waals surface area contributed by atoms with Crippen molar-refractivity contribution in [2.75, 3.05) is 26.9 Å². The summed E-state index contributed by atoms with van der Waals surface area (Å²) in [6.07, 6.45) is 0. The third kappa shape index (κ3) is 4.20. The van der Waals surface area contributed by atoms with Gasteiger partial charge in [0, 0.05) is 12.0 Å². The van der Waals surface area contributed by atoms with Crippen molar-refractivity contribution >= 4 is 10.0 Å². The van der Waals surface area contributed by atoms with Crippen molar-refractivity contribution in [2.24, 2.45) is 0 Å². The third-order valence-corrected chi connectivity index (χ3v) is 6.26. The molecule has 1 N–H and O–H groups in total. The van der Waals surface area contributed by atoms with Crippen LogP contribution in [0, 0.1) is 6.92 Å². The van der Waals surface area contributed by atoms with Gasteiger partial charge in [0.2, 0.25) is 10.0 Å². The third-order valence-electron chi connectivity index (χ3n) is 4.70. The van der Waals surface area contributed by atoms with E-state index < -0.39 is 15.4 Å². The second-order valence-corrected chi connectivity index (χ2v) is 8.93. The minimum absolute atomic E-state index is 0.250. The number of nitrogens with one attached hydrogen (secondary N) is 1. The highest BCUT2D eigenvalue weighted by molar-refractivity contribution is 7.89. The van der Waals surface area contributed by atoms with E-state index in [1.165, 1.54) is 0 Å². The van der Waals surface area contributed by atoms with Crippen molar-refractivity contribution < 1.29 is 22.6 Å². The highest BCUT2D eigenvalue weighted by Gasteiger charge is 2.27. The molecule has 0 fully saturated rings. The lowest BCUT2D eigenvalue weighted by Crippen LogP contribution is -2.37. The zero-order valence-corrected chi connectivity index (χ0v) is 16.9. The molecule has 0 unspecified atom stereocenters. The first-order valence-corrected chi connectivity index (χ1v) is 10.3. The van der Waals surface area contributed by atoms with Crippen LogP contribution in [0.2, 0.25) is 0 Å². The van der Waals surface area contributed by atoms with E-state index in [-0.39, 0.29) is 11.4 Å². The van der Waals surface area contributed by atoms with Gasteiger partial charge in [0.05, 0.1) is 12.0 Å². The maximum atomic E-state index is 12.8. The second kappa shape index (κ2) is 7.40. The quantitative estimate of drug-likeness (QED) is 0.819. The van der Waals surface area contributed by atoms with E-state index in [0.717, 1.165) is 11.3 Å². The Labute approximate surface area is 160 Å². The summed E-state index contributed by atoms with van der Waals surface area (Å²) in [5.74, 6) is 2.04. The minimum atomic E-state index is -3.64. The molecule has 0 bridgehead atoms. The fourth-order valence-electron chi connectivity index (χ4n) is 2.97. The number of sulfonamides is 1. The Morgan fingerprint density at radius 2 is 1.78 bits per heavy atom. The van der Waals surface area contributed by atoms with Gasteiger partial charge in [-0.2, -0.15) is 0 Å². The van der Waals surface area contributed by atoms with Crippen LogP contribution in [-0.2, 0) is 15.4 Å². The van der Waals surface area contributed by atoms with Gasteiger partial charge >= 0.3 is 0 Å². The number of ether oxygens (including phenoxy) is 3. The highest BCUT2D eigenvalue weighted by Crippen LogP contribution is 2.35. The molecule has 1 aliphatic heterocycles. The summed E-state index contributed by atoms with van der Waals surface area (Å²) in [6.45, 7) is 7.03. The van der Waals surface area contributed by atoms with Crippen LogP contribution in [0.5, 0.6) is 17.2 Å². The first kappa shape index (κ1) is 19.5. The van der Waals surface area contributed by atoms with Crippen molar-refractivity contribution in [3.8, 4) is 17.2 Å². The molecule has 27 heavy (non-hydrogen) atoms. The average molecular weight is 391 g/mol. The van der Waals surface area contributed by atoms with Crippen LogP contribution in [0.3, 0.4) is 0 Å². The minimum Gasteiger partial charge on any atom is -0.497 e. The van der Waals surface area contributed by atoms with Gasteiger partial charge in [-0.1, -0.05) is 19.9 Å². The SMILES string of the molecule is COc1ccc(S(=O)(=O)NCC(C)(C)c2ccc3c(c2)OCCO3)c(C)c1. The second-order valence-electron chi connectivity index (χ2n) is 7.20. The van der Waals surface area contributed by atoms with Crippen molar-refractivity contribution in [2.45, 2.75) is 31.1 Å². The molecule has 0 amide bonds. The van der Waals surface area contributed by atoms with Crippen LogP contribution >= 0.6 is 0 Å². The van der Waals surface area contributed by atoms with E-state index in [1.54, 1.807) is 32.2 Å². The molecule has 1 heterocycles. The van der Waals surface area contributed by atoms with E-state index in [1.807, 2.05) is 32.0 Å². The van der Waals surface area contributed by atoms with Crippen LogP contribution in [0.4, 0.5) is 0 Å². The van der Waals surface area contributed by atoms with Gasteiger partial charge in [-0.3, -0.25) is 0 Å². The van der Waals surface area contributed by atoms with E-state index in [9.17, 15) is 8.42 Å². The van der Waals surface area contributed by atoms with Crippen LogP contribution in [0.1, 0.15) is 25.0 Å². The number of aryl methyl sites for hydroxylation is 1. The Hall–Kier alpha value is -2.25. The van der Waals surface area contributed by atoms with Crippen molar-refractivity contribution in [3.05, 3.63) is 47.5 Å². The van der Waals surface area contributed by atoms with E-state index >= 15 is 0 Å². The molecule has 0 aromatic heterocycles. The average Bonchev–Trinajstić information content (AvgIpc) is 2.66. The molecule has 0 radical (unpaired) electrons. The fourth-order valence-corrected chi connectivity index (χ4v) is 4.41. The van der Waals surface area contributed by atoms with E-state index in [2.05, 4.69) is 4.72 Å². The van der Waals surface area contributed by atoms with Crippen LogP contribution in [0.15, 0.2) is 41.3 Å². The molecule has 0 atom stereocenters. The van der Waals surface area contributed by atoms with Gasteiger partial charge in [0.25, 0.3) is 0 Å². The number of methoxy groups -OCH3 is 1. The fraction of sp³-hybridized carbons (Fsp3) is 0.400. The number of benzene rings is 2. The summed E-state index contributed by atoms with van der Waals surface area (Å²) >= 11 is 0. The molecule has 2 aromatic carbocycles. The molecule has 1 aliphatic rings. The number of hydrogen-bond donors (Lipinski definition) is 1. The standard InChI is InChI=1S/C20H25NO5S/c1-14-11-16(24-4)6-8-19(14)27(22,23)21-13-20(2,3)15-5-7-17-18(12-15)26-10-9-25-17/h5-8,11-12,21H,9-10,13H2,1-4H3. The van der Waals surface area contributed by atoms with Gasteiger partial charge in [-0.25, -0.2) is 13.1 Å². The smallest absolute Gasteiger partial charge is 0.240 e. The van der Waals surface area contributed by atoms with Gasteiger partial charge in [0.15, 0.2) is 11.5 Å². The Kier molecular flexibility index (Phi) is 5.35. The van der Waals surface area contributed by atoms with Crippen LogP contribution in [-0.4, -0.2) is 35.3 Å². The van der Waals surface area contributed by atoms with E-state index in [4.69, 9.17) is 14.2 Å². The van der Waals surface area contributed by atoms with Crippen LogP contribution < -0.4 is 18.9 Å². The maximum Gasteiger partial charge on any atom is 0.240 e.